The van der Waals surface area contributed by atoms with E-state index in [4.69, 9.17) is 14.4 Å². The SMILES string of the molecule is CCCCCCCC/C=C\CCCCCCC[C@H]1OC[C@H](COP(=O)([O-])O)O1.[K+]. The molecule has 1 saturated heterocycles. The van der Waals surface area contributed by atoms with E-state index < -0.39 is 13.9 Å². The minimum Gasteiger partial charge on any atom is -0.756 e. The quantitative estimate of drug-likeness (QED) is 0.147. The van der Waals surface area contributed by atoms with Crippen molar-refractivity contribution in [2.24, 2.45) is 0 Å². The molecule has 1 fully saturated rings. The van der Waals surface area contributed by atoms with Gasteiger partial charge in [-0.15, -0.1) is 0 Å². The van der Waals surface area contributed by atoms with Gasteiger partial charge in [0.2, 0.25) is 0 Å². The molecule has 0 aromatic heterocycles. The van der Waals surface area contributed by atoms with E-state index >= 15 is 0 Å². The second-order valence-electron chi connectivity index (χ2n) is 7.66. The van der Waals surface area contributed by atoms with Crippen LogP contribution in [0.25, 0.3) is 0 Å². The molecule has 0 aromatic carbocycles. The van der Waals surface area contributed by atoms with Gasteiger partial charge in [-0.3, -0.25) is 4.57 Å². The van der Waals surface area contributed by atoms with Crippen LogP contribution in [0.2, 0.25) is 0 Å². The van der Waals surface area contributed by atoms with E-state index in [1.54, 1.807) is 0 Å². The number of ether oxygens (including phenoxy) is 2. The van der Waals surface area contributed by atoms with E-state index in [0.717, 1.165) is 19.3 Å². The molecule has 6 nitrogen and oxygen atoms in total. The van der Waals surface area contributed by atoms with Crippen molar-refractivity contribution in [1.29, 1.82) is 0 Å². The van der Waals surface area contributed by atoms with Crippen molar-refractivity contribution < 1.29 is 79.7 Å². The van der Waals surface area contributed by atoms with Crippen molar-refractivity contribution in [2.45, 2.75) is 109 Å². The Labute approximate surface area is 220 Å². The number of rotatable bonds is 18. The largest absolute Gasteiger partial charge is 1.00 e. The molecule has 3 atom stereocenters. The maximum atomic E-state index is 10.6. The summed E-state index contributed by atoms with van der Waals surface area (Å²) in [4.78, 5) is 19.1. The number of unbranched alkanes of at least 4 members (excludes halogenated alkanes) is 11. The third-order valence-corrected chi connectivity index (χ3v) is 5.41. The zero-order valence-corrected chi connectivity index (χ0v) is 22.6. The van der Waals surface area contributed by atoms with Crippen LogP contribution in [-0.4, -0.2) is 30.5 Å². The molecule has 0 spiro atoms. The van der Waals surface area contributed by atoms with Crippen LogP contribution in [0.1, 0.15) is 96.8 Å². The maximum absolute atomic E-state index is 10.6. The van der Waals surface area contributed by atoms with Gasteiger partial charge in [0.25, 0.3) is 7.82 Å². The molecule has 1 heterocycles. The Morgan fingerprint density at radius 2 is 1.55 bits per heavy atom. The van der Waals surface area contributed by atoms with Gasteiger partial charge in [0.15, 0.2) is 6.29 Å². The second-order valence-corrected chi connectivity index (χ2v) is 8.85. The molecule has 0 amide bonds. The molecule has 1 N–H and O–H groups in total. The third-order valence-electron chi connectivity index (χ3n) is 4.94. The normalized spacial score (nSPS) is 21.3. The van der Waals surface area contributed by atoms with E-state index in [2.05, 4.69) is 23.6 Å². The van der Waals surface area contributed by atoms with Gasteiger partial charge in [0.1, 0.15) is 6.10 Å². The Bertz CT molecular complexity index is 443. The number of phosphoric ester groups is 1. The monoisotopic (exact) mass is 458 g/mol. The Balaban J connectivity index is 0.00000784. The predicted octanol–water partition coefficient (Wildman–Crippen LogP) is 2.25. The molecule has 0 aromatic rings. The molecule has 0 aliphatic carbocycles. The smallest absolute Gasteiger partial charge is 0.756 e. The van der Waals surface area contributed by atoms with Crippen LogP contribution in [0.5, 0.6) is 0 Å². The van der Waals surface area contributed by atoms with Crippen molar-refractivity contribution in [1.82, 2.24) is 0 Å². The number of hydrogen-bond acceptors (Lipinski definition) is 5. The van der Waals surface area contributed by atoms with Gasteiger partial charge >= 0.3 is 51.4 Å². The summed E-state index contributed by atoms with van der Waals surface area (Å²) in [7, 11) is -4.68. The Morgan fingerprint density at radius 1 is 1.00 bits per heavy atom. The first kappa shape index (κ1) is 30.4. The summed E-state index contributed by atoms with van der Waals surface area (Å²) in [6, 6.07) is 0. The third kappa shape index (κ3) is 19.8. The fourth-order valence-electron chi connectivity index (χ4n) is 3.31. The Morgan fingerprint density at radius 3 is 2.14 bits per heavy atom. The summed E-state index contributed by atoms with van der Waals surface area (Å²) >= 11 is 0. The van der Waals surface area contributed by atoms with Crippen LogP contribution in [0, 0.1) is 0 Å². The zero-order chi connectivity index (χ0) is 20.5. The molecule has 0 saturated carbocycles. The van der Waals surface area contributed by atoms with Crippen LogP contribution in [-0.2, 0) is 18.6 Å². The first-order valence-electron chi connectivity index (χ1n) is 11.1. The summed E-state index contributed by atoms with van der Waals surface area (Å²) in [6.07, 6.45) is 21.2. The van der Waals surface area contributed by atoms with E-state index in [-0.39, 0.29) is 64.3 Å². The van der Waals surface area contributed by atoms with Crippen LogP contribution >= 0.6 is 7.82 Å². The first-order valence-corrected chi connectivity index (χ1v) is 12.6. The van der Waals surface area contributed by atoms with Gasteiger partial charge in [0.05, 0.1) is 13.2 Å². The zero-order valence-electron chi connectivity index (χ0n) is 18.6. The maximum Gasteiger partial charge on any atom is 1.00 e. The molecule has 29 heavy (non-hydrogen) atoms. The molecule has 8 heteroatoms. The molecular weight excluding hydrogens is 418 g/mol. The van der Waals surface area contributed by atoms with E-state index in [0.29, 0.717) is 6.61 Å². The van der Waals surface area contributed by atoms with Gasteiger partial charge in [-0.2, -0.15) is 0 Å². The van der Waals surface area contributed by atoms with Crippen LogP contribution in [0.4, 0.5) is 0 Å². The summed E-state index contributed by atoms with van der Waals surface area (Å²) in [5.74, 6) is 0. The molecular formula is C21H40KO6P. The summed E-state index contributed by atoms with van der Waals surface area (Å²) in [6.45, 7) is 2.36. The van der Waals surface area contributed by atoms with Crippen molar-refractivity contribution >= 4 is 7.82 Å². The standard InChI is InChI=1S/C21H41O6P.K/c1-2-3-4-5-6-7-8-9-10-11-12-13-14-15-16-17-21-25-18-20(27-21)19-26-28(22,23)24;/h9-10,20-21H,2-8,11-19H2,1H3,(H2,22,23,24);/q;+1/p-1/b10-9-;/t20-,21+;/m1./s1. The average molecular weight is 459 g/mol. The molecule has 1 unspecified atom stereocenters. The number of hydrogen-bond donors (Lipinski definition) is 1. The molecule has 1 aliphatic heterocycles. The molecule has 1 aliphatic rings. The summed E-state index contributed by atoms with van der Waals surface area (Å²) in [5.41, 5.74) is 0. The fraction of sp³-hybridized carbons (Fsp3) is 0.905. The van der Waals surface area contributed by atoms with Crippen molar-refractivity contribution in [3.8, 4) is 0 Å². The molecule has 1 rings (SSSR count). The van der Waals surface area contributed by atoms with Gasteiger partial charge < -0.3 is 23.8 Å². The van der Waals surface area contributed by atoms with Gasteiger partial charge in [-0.05, 0) is 38.5 Å². The molecule has 0 bridgehead atoms. The van der Waals surface area contributed by atoms with Gasteiger partial charge in [-0.25, -0.2) is 0 Å². The minimum absolute atomic E-state index is 0. The Kier molecular flexibility index (Phi) is 21.0. The predicted molar refractivity (Wildman–Crippen MR) is 110 cm³/mol. The molecule has 166 valence electrons. The van der Waals surface area contributed by atoms with Gasteiger partial charge in [0, 0.05) is 0 Å². The summed E-state index contributed by atoms with van der Waals surface area (Å²) < 4.78 is 25.9. The fourth-order valence-corrected chi connectivity index (χ4v) is 3.66. The minimum atomic E-state index is -4.68. The summed E-state index contributed by atoms with van der Waals surface area (Å²) in [5, 5.41) is 0. The Hall–Kier alpha value is 1.41. The van der Waals surface area contributed by atoms with E-state index in [1.807, 2.05) is 0 Å². The van der Waals surface area contributed by atoms with Crippen LogP contribution < -0.4 is 56.3 Å². The number of allylic oxidation sites excluding steroid dienone is 2. The van der Waals surface area contributed by atoms with Crippen molar-refractivity contribution in [2.75, 3.05) is 13.2 Å². The van der Waals surface area contributed by atoms with Gasteiger partial charge in [-0.1, -0.05) is 70.4 Å². The number of phosphoric acid groups is 1. The second kappa shape index (κ2) is 20.0. The van der Waals surface area contributed by atoms with E-state index in [9.17, 15) is 9.46 Å². The van der Waals surface area contributed by atoms with Crippen LogP contribution in [0.15, 0.2) is 12.2 Å². The van der Waals surface area contributed by atoms with Crippen molar-refractivity contribution in [3.05, 3.63) is 12.2 Å². The topological polar surface area (TPSA) is 88.1 Å². The van der Waals surface area contributed by atoms with Crippen molar-refractivity contribution in [3.63, 3.8) is 0 Å². The van der Waals surface area contributed by atoms with E-state index in [1.165, 1.54) is 70.6 Å². The average Bonchev–Trinajstić information content (AvgIpc) is 3.10. The molecule has 0 radical (unpaired) electrons. The first-order chi connectivity index (χ1) is 13.5. The van der Waals surface area contributed by atoms with Crippen LogP contribution in [0.3, 0.4) is 0 Å².